The molecule has 1 aliphatic rings. The number of fused-ring (bicyclic) bond motifs is 3. The van der Waals surface area contributed by atoms with Crippen LogP contribution in [0.15, 0.2) is 47.5 Å². The molecule has 4 aromatic rings. The number of likely N-dealkylation sites (tertiary alicyclic amines) is 1. The first-order chi connectivity index (χ1) is 14.2. The number of aromatic amines is 1. The van der Waals surface area contributed by atoms with E-state index in [2.05, 4.69) is 20.0 Å². The molecule has 5 rings (SSSR count). The number of piperidine rings is 1. The Hall–Kier alpha value is -2.77. The monoisotopic (exact) mass is 409 g/mol. The Morgan fingerprint density at radius 1 is 1.10 bits per heavy atom. The van der Waals surface area contributed by atoms with Crippen LogP contribution in [0.4, 0.5) is 0 Å². The highest BCUT2D eigenvalue weighted by Gasteiger charge is 2.20. The smallest absolute Gasteiger partial charge is 0.313 e. The highest BCUT2D eigenvalue weighted by atomic mass is 35.5. The van der Waals surface area contributed by atoms with Crippen molar-refractivity contribution in [1.82, 2.24) is 24.5 Å². The number of aromatic nitrogens is 5. The summed E-state index contributed by atoms with van der Waals surface area (Å²) in [6.07, 6.45) is 7.28. The van der Waals surface area contributed by atoms with Gasteiger partial charge in [0.15, 0.2) is 0 Å². The Bertz CT molecular complexity index is 1240. The van der Waals surface area contributed by atoms with Gasteiger partial charge < -0.3 is 9.47 Å². The first-order valence-corrected chi connectivity index (χ1v) is 10.4. The van der Waals surface area contributed by atoms with Gasteiger partial charge >= 0.3 is 5.78 Å². The van der Waals surface area contributed by atoms with Crippen molar-refractivity contribution >= 4 is 28.3 Å². The van der Waals surface area contributed by atoms with E-state index < -0.39 is 0 Å². The second kappa shape index (κ2) is 7.57. The summed E-state index contributed by atoms with van der Waals surface area (Å²) in [7, 11) is 0. The molecule has 0 saturated carbocycles. The fraction of sp³-hybridized carbons (Fsp3) is 0.333. The van der Waals surface area contributed by atoms with Gasteiger partial charge in [0.1, 0.15) is 17.1 Å². The second-order valence-corrected chi connectivity index (χ2v) is 7.87. The maximum atomic E-state index is 13.0. The molecule has 8 heteroatoms. The minimum absolute atomic E-state index is 0.0321. The molecule has 0 atom stereocenters. The SMILES string of the molecule is O=c1c2cnc3nc(-c4ccccc4Cl)[nH][n+]3c2ccn1CCN1CCCCC1. The van der Waals surface area contributed by atoms with Gasteiger partial charge in [0.05, 0.1) is 10.6 Å². The zero-order valence-corrected chi connectivity index (χ0v) is 16.8. The zero-order valence-electron chi connectivity index (χ0n) is 16.0. The van der Waals surface area contributed by atoms with Crippen LogP contribution in [0.25, 0.3) is 28.1 Å². The highest BCUT2D eigenvalue weighted by molar-refractivity contribution is 6.33. The van der Waals surface area contributed by atoms with E-state index >= 15 is 0 Å². The van der Waals surface area contributed by atoms with Crippen molar-refractivity contribution in [2.75, 3.05) is 19.6 Å². The molecule has 1 N–H and O–H groups in total. The predicted octanol–water partition coefficient (Wildman–Crippen LogP) is 2.66. The molecule has 29 heavy (non-hydrogen) atoms. The summed E-state index contributed by atoms with van der Waals surface area (Å²) in [4.78, 5) is 24.4. The van der Waals surface area contributed by atoms with Crippen LogP contribution in [0.1, 0.15) is 19.3 Å². The van der Waals surface area contributed by atoms with E-state index in [1.807, 2.05) is 36.5 Å². The Kier molecular flexibility index (Phi) is 4.77. The summed E-state index contributed by atoms with van der Waals surface area (Å²) < 4.78 is 3.51. The summed E-state index contributed by atoms with van der Waals surface area (Å²) in [5.74, 6) is 1.11. The zero-order chi connectivity index (χ0) is 19.8. The average molecular weight is 410 g/mol. The molecule has 0 aliphatic carbocycles. The van der Waals surface area contributed by atoms with Gasteiger partial charge in [-0.15, -0.1) is 4.52 Å². The van der Waals surface area contributed by atoms with Crippen LogP contribution in [0.3, 0.4) is 0 Å². The number of rotatable bonds is 4. The van der Waals surface area contributed by atoms with E-state index in [4.69, 9.17) is 11.6 Å². The summed E-state index contributed by atoms with van der Waals surface area (Å²) in [6.45, 7) is 3.83. The van der Waals surface area contributed by atoms with Gasteiger partial charge in [-0.2, -0.15) is 0 Å². The number of hydrogen-bond donors (Lipinski definition) is 1. The maximum Gasteiger partial charge on any atom is 0.457 e. The molecule has 4 heterocycles. The van der Waals surface area contributed by atoms with Crippen LogP contribution < -0.4 is 10.1 Å². The van der Waals surface area contributed by atoms with Gasteiger partial charge in [0.25, 0.3) is 5.56 Å². The first-order valence-electron chi connectivity index (χ1n) is 9.98. The van der Waals surface area contributed by atoms with Crippen LogP contribution >= 0.6 is 11.6 Å². The molecule has 1 saturated heterocycles. The van der Waals surface area contributed by atoms with E-state index in [9.17, 15) is 4.79 Å². The van der Waals surface area contributed by atoms with E-state index in [1.165, 1.54) is 19.3 Å². The lowest BCUT2D eigenvalue weighted by molar-refractivity contribution is -0.550. The Morgan fingerprint density at radius 3 is 2.76 bits per heavy atom. The maximum absolute atomic E-state index is 13.0. The summed E-state index contributed by atoms with van der Waals surface area (Å²) in [5.41, 5.74) is 1.51. The van der Waals surface area contributed by atoms with Crippen LogP contribution in [-0.2, 0) is 6.54 Å². The Labute approximate surface area is 172 Å². The fourth-order valence-corrected chi connectivity index (χ4v) is 4.21. The lowest BCUT2D eigenvalue weighted by Crippen LogP contribution is -2.35. The number of pyridine rings is 1. The second-order valence-electron chi connectivity index (χ2n) is 7.46. The first kappa shape index (κ1) is 18.3. The van der Waals surface area contributed by atoms with E-state index in [0.29, 0.717) is 28.6 Å². The number of hydrogen-bond acceptors (Lipinski definition) is 4. The standard InChI is InChI=1S/C21H21ClN6O/c22-17-7-3-2-6-15(17)19-24-21-23-14-16-18(28(21)25-19)8-11-27(20(16)29)13-12-26-9-4-1-5-10-26/h2-3,6-8,11,14H,1,4-5,9-10,12-13H2/p+1. The Balaban J connectivity index is 1.51. The van der Waals surface area contributed by atoms with Crippen molar-refractivity contribution in [3.63, 3.8) is 0 Å². The van der Waals surface area contributed by atoms with Crippen LogP contribution in [0.5, 0.6) is 0 Å². The topological polar surface area (TPSA) is 70.9 Å². The molecular weight excluding hydrogens is 388 g/mol. The molecule has 1 aliphatic heterocycles. The number of benzene rings is 1. The molecule has 1 fully saturated rings. The molecule has 0 amide bonds. The van der Waals surface area contributed by atoms with Crippen molar-refractivity contribution in [2.24, 2.45) is 0 Å². The molecule has 3 aromatic heterocycles. The number of nitrogens with zero attached hydrogens (tertiary/aromatic N) is 5. The molecule has 0 radical (unpaired) electrons. The molecule has 1 aromatic carbocycles. The third kappa shape index (κ3) is 3.41. The van der Waals surface area contributed by atoms with Crippen LogP contribution in [0.2, 0.25) is 5.02 Å². The van der Waals surface area contributed by atoms with E-state index in [0.717, 1.165) is 30.7 Å². The predicted molar refractivity (Wildman–Crippen MR) is 112 cm³/mol. The average Bonchev–Trinajstić information content (AvgIpc) is 3.19. The summed E-state index contributed by atoms with van der Waals surface area (Å²) in [6, 6.07) is 9.45. The minimum atomic E-state index is -0.0321. The molecular formula is C21H22ClN6O+. The van der Waals surface area contributed by atoms with Gasteiger partial charge in [0, 0.05) is 19.3 Å². The number of H-pyrrole nitrogens is 1. The highest BCUT2D eigenvalue weighted by Crippen LogP contribution is 2.24. The summed E-state index contributed by atoms with van der Waals surface area (Å²) >= 11 is 6.30. The van der Waals surface area contributed by atoms with Gasteiger partial charge in [0.2, 0.25) is 5.82 Å². The van der Waals surface area contributed by atoms with Crippen molar-refractivity contribution in [3.8, 4) is 11.4 Å². The van der Waals surface area contributed by atoms with Crippen molar-refractivity contribution in [1.29, 1.82) is 0 Å². The fourth-order valence-electron chi connectivity index (χ4n) is 3.99. The molecule has 0 spiro atoms. The largest absolute Gasteiger partial charge is 0.457 e. The molecule has 148 valence electrons. The quantitative estimate of drug-likeness (QED) is 0.526. The van der Waals surface area contributed by atoms with Gasteiger partial charge in [-0.1, -0.05) is 35.1 Å². The normalized spacial score (nSPS) is 15.3. The molecule has 0 bridgehead atoms. The molecule has 0 unspecified atom stereocenters. The lowest BCUT2D eigenvalue weighted by Gasteiger charge is -2.26. The van der Waals surface area contributed by atoms with Crippen LogP contribution in [0, 0.1) is 0 Å². The number of nitrogens with one attached hydrogen (secondary N) is 1. The van der Waals surface area contributed by atoms with Gasteiger partial charge in [-0.25, -0.2) is 5.10 Å². The minimum Gasteiger partial charge on any atom is -0.313 e. The van der Waals surface area contributed by atoms with Crippen molar-refractivity contribution < 1.29 is 4.52 Å². The number of halogens is 1. The van der Waals surface area contributed by atoms with Gasteiger partial charge in [-0.3, -0.25) is 4.79 Å². The molecule has 7 nitrogen and oxygen atoms in total. The van der Waals surface area contributed by atoms with E-state index in [1.54, 1.807) is 15.3 Å². The van der Waals surface area contributed by atoms with E-state index in [-0.39, 0.29) is 5.56 Å². The van der Waals surface area contributed by atoms with Crippen molar-refractivity contribution in [3.05, 3.63) is 58.1 Å². The lowest BCUT2D eigenvalue weighted by atomic mass is 10.1. The summed E-state index contributed by atoms with van der Waals surface area (Å²) in [5, 5.41) is 4.40. The Morgan fingerprint density at radius 2 is 1.93 bits per heavy atom. The van der Waals surface area contributed by atoms with Crippen molar-refractivity contribution in [2.45, 2.75) is 25.8 Å². The van der Waals surface area contributed by atoms with Gasteiger partial charge in [-0.05, 0) is 49.1 Å². The third-order valence-electron chi connectivity index (χ3n) is 5.59. The third-order valence-corrected chi connectivity index (χ3v) is 5.92. The van der Waals surface area contributed by atoms with Crippen LogP contribution in [-0.4, -0.2) is 44.2 Å².